The molecule has 3 heteroatoms. The predicted octanol–water partition coefficient (Wildman–Crippen LogP) is 2.81. The van der Waals surface area contributed by atoms with Crippen molar-refractivity contribution >= 4 is 17.1 Å². The fourth-order valence-electron chi connectivity index (χ4n) is 1.20. The second-order valence-corrected chi connectivity index (χ2v) is 3.04. The van der Waals surface area contributed by atoms with Gasteiger partial charge in [-0.05, 0) is 24.3 Å². The van der Waals surface area contributed by atoms with E-state index in [9.17, 15) is 0 Å². The monoisotopic (exact) mass is 323 g/mol. The zero-order chi connectivity index (χ0) is 9.80. The van der Waals surface area contributed by atoms with Gasteiger partial charge in [0.2, 0.25) is 0 Å². The molecule has 0 aromatic heterocycles. The number of nitrogens with two attached hydrogens (primary N) is 1. The third kappa shape index (κ3) is 3.81. The molecule has 0 radical (unpaired) electrons. The number of rotatable bonds is 2. The average Bonchev–Trinajstić information content (AvgIpc) is 2.23. The first kappa shape index (κ1) is 12.5. The van der Waals surface area contributed by atoms with E-state index in [0.29, 0.717) is 0 Å². The van der Waals surface area contributed by atoms with Gasteiger partial charge in [-0.15, -0.1) is 12.1 Å². The summed E-state index contributed by atoms with van der Waals surface area (Å²) in [6.07, 6.45) is 0. The number of hydrogen-bond acceptors (Lipinski definition) is 2. The molecule has 0 bridgehead atoms. The van der Waals surface area contributed by atoms with Crippen molar-refractivity contribution in [2.24, 2.45) is 0 Å². The smallest absolute Gasteiger partial charge is 0.0368 e. The van der Waals surface area contributed by atoms with Crippen molar-refractivity contribution in [2.45, 2.75) is 0 Å². The molecule has 74 valence electrons. The van der Waals surface area contributed by atoms with Gasteiger partial charge in [0.25, 0.3) is 0 Å². The third-order valence-electron chi connectivity index (χ3n) is 1.92. The second-order valence-electron chi connectivity index (χ2n) is 3.04. The van der Waals surface area contributed by atoms with Crippen molar-refractivity contribution in [3.05, 3.63) is 54.6 Å². The van der Waals surface area contributed by atoms with Crippen LogP contribution in [0, 0.1) is 47.8 Å². The van der Waals surface area contributed by atoms with Crippen molar-refractivity contribution in [3.63, 3.8) is 0 Å². The van der Waals surface area contributed by atoms with Crippen LogP contribution in [0.25, 0.3) is 0 Å². The Kier molecular flexibility index (Phi) is 5.08. The molecule has 0 aliphatic heterocycles. The third-order valence-corrected chi connectivity index (χ3v) is 1.92. The fraction of sp³-hybridized carbons (Fsp3) is 0. The molecule has 2 aromatic carbocycles. The van der Waals surface area contributed by atoms with E-state index in [2.05, 4.69) is 11.4 Å². The Morgan fingerprint density at radius 2 is 1.40 bits per heavy atom. The topological polar surface area (TPSA) is 38.0 Å². The van der Waals surface area contributed by atoms with Crippen LogP contribution in [-0.2, 0) is 0 Å². The van der Waals surface area contributed by atoms with E-state index in [1.807, 2.05) is 48.5 Å². The summed E-state index contributed by atoms with van der Waals surface area (Å²) in [6.45, 7) is 0. The van der Waals surface area contributed by atoms with Crippen LogP contribution in [0.2, 0.25) is 0 Å². The first-order chi connectivity index (χ1) is 6.84. The Balaban J connectivity index is 0.00000112. The van der Waals surface area contributed by atoms with Crippen molar-refractivity contribution in [1.29, 1.82) is 0 Å². The number of anilines is 3. The molecule has 0 saturated carbocycles. The van der Waals surface area contributed by atoms with Gasteiger partial charge >= 0.3 is 0 Å². The number of benzene rings is 2. The van der Waals surface area contributed by atoms with Gasteiger partial charge in [-0.3, -0.25) is 0 Å². The van der Waals surface area contributed by atoms with Gasteiger partial charge in [0, 0.05) is 53.1 Å². The minimum atomic E-state index is 0. The van der Waals surface area contributed by atoms with Gasteiger partial charge in [-0.2, -0.15) is 18.2 Å². The number of hydrogen-bond donors (Lipinski definition) is 2. The molecule has 0 fully saturated rings. The van der Waals surface area contributed by atoms with Gasteiger partial charge in [-0.25, -0.2) is 0 Å². The van der Waals surface area contributed by atoms with Crippen LogP contribution < -0.4 is 11.1 Å². The molecule has 2 rings (SSSR count). The van der Waals surface area contributed by atoms with Crippen LogP contribution in [0.1, 0.15) is 0 Å². The van der Waals surface area contributed by atoms with E-state index in [0.717, 1.165) is 17.1 Å². The molecular weight excluding hydrogens is 312 g/mol. The quantitative estimate of drug-likeness (QED) is 0.659. The van der Waals surface area contributed by atoms with Crippen LogP contribution in [-0.4, -0.2) is 0 Å². The number of nitrogen functional groups attached to an aromatic ring is 1. The maximum Gasteiger partial charge on any atom is 0.0368 e. The van der Waals surface area contributed by atoms with Gasteiger partial charge in [0.05, 0.1) is 0 Å². The summed E-state index contributed by atoms with van der Waals surface area (Å²) >= 11 is 0. The van der Waals surface area contributed by atoms with Crippen molar-refractivity contribution in [3.8, 4) is 0 Å². The second kappa shape index (κ2) is 6.10. The summed E-state index contributed by atoms with van der Waals surface area (Å²) in [5.74, 6) is 0. The zero-order valence-corrected chi connectivity index (χ0v) is 11.3. The van der Waals surface area contributed by atoms with E-state index in [4.69, 9.17) is 5.73 Å². The molecule has 0 saturated heterocycles. The summed E-state index contributed by atoms with van der Waals surface area (Å²) in [5, 5.41) is 3.26. The van der Waals surface area contributed by atoms with E-state index < -0.39 is 0 Å². The zero-order valence-electron chi connectivity index (χ0n) is 8.20. The Bertz CT molecular complexity index is 398. The van der Waals surface area contributed by atoms with Crippen LogP contribution in [0.15, 0.2) is 48.5 Å². The molecule has 3 N–H and O–H groups in total. The van der Waals surface area contributed by atoms with E-state index in [1.54, 1.807) is 0 Å². The van der Waals surface area contributed by atoms with Crippen molar-refractivity contribution in [2.75, 3.05) is 11.1 Å². The summed E-state index contributed by atoms with van der Waals surface area (Å²) in [5.41, 5.74) is 8.44. The van der Waals surface area contributed by atoms with Crippen LogP contribution >= 0.6 is 0 Å². The molecule has 0 amide bonds. The Labute approximate surface area is 123 Å². The van der Waals surface area contributed by atoms with Gasteiger partial charge in [-0.1, -0.05) is 5.69 Å². The summed E-state index contributed by atoms with van der Waals surface area (Å²) in [6, 6.07) is 18.3. The minimum absolute atomic E-state index is 0. The maximum atomic E-state index is 5.59. The predicted molar refractivity (Wildman–Crippen MR) is 59.4 cm³/mol. The maximum absolute atomic E-state index is 5.59. The van der Waals surface area contributed by atoms with E-state index in [1.165, 1.54) is 0 Å². The van der Waals surface area contributed by atoms with Crippen LogP contribution in [0.4, 0.5) is 17.1 Å². The van der Waals surface area contributed by atoms with Crippen LogP contribution in [0.3, 0.4) is 0 Å². The van der Waals surface area contributed by atoms with E-state index >= 15 is 0 Å². The summed E-state index contributed by atoms with van der Waals surface area (Å²) in [4.78, 5) is 0. The van der Waals surface area contributed by atoms with Crippen LogP contribution in [0.5, 0.6) is 0 Å². The number of nitrogens with one attached hydrogen (secondary N) is 1. The van der Waals surface area contributed by atoms with Gasteiger partial charge in [0.1, 0.15) is 0 Å². The first-order valence-corrected chi connectivity index (χ1v) is 4.43. The SMILES string of the molecule is Nc1ccc(Nc2cc[c-]cc2)cc1.[Ce]. The standard InChI is InChI=1S/C12H11N2.Ce/c13-10-6-8-12(9-7-10)14-11-4-2-1-3-5-11;/h2-9,14H,13H2;/q-1;. The summed E-state index contributed by atoms with van der Waals surface area (Å²) < 4.78 is 0. The van der Waals surface area contributed by atoms with E-state index in [-0.39, 0.29) is 41.7 Å². The van der Waals surface area contributed by atoms with Gasteiger partial charge < -0.3 is 11.1 Å². The molecule has 2 nitrogen and oxygen atoms in total. The normalized spacial score (nSPS) is 9.07. The largest absolute Gasteiger partial charge is 0.399 e. The molecule has 2 aromatic rings. The Morgan fingerprint density at radius 3 is 2.00 bits per heavy atom. The molecule has 0 unspecified atom stereocenters. The molecule has 0 atom stereocenters. The molecule has 0 heterocycles. The molecule has 15 heavy (non-hydrogen) atoms. The first-order valence-electron chi connectivity index (χ1n) is 4.43. The van der Waals surface area contributed by atoms with Crippen molar-refractivity contribution in [1.82, 2.24) is 0 Å². The fourth-order valence-corrected chi connectivity index (χ4v) is 1.20. The average molecular weight is 323 g/mol. The Hall–Kier alpha value is -0.583. The van der Waals surface area contributed by atoms with Crippen molar-refractivity contribution < 1.29 is 41.7 Å². The molecular formula is C12H11CeN2-. The minimum Gasteiger partial charge on any atom is -0.399 e. The van der Waals surface area contributed by atoms with Gasteiger partial charge in [0.15, 0.2) is 0 Å². The summed E-state index contributed by atoms with van der Waals surface area (Å²) in [7, 11) is 0. The molecule has 0 aliphatic rings. The molecule has 0 spiro atoms. The Morgan fingerprint density at radius 1 is 0.867 bits per heavy atom. The molecule has 0 aliphatic carbocycles.